The molecule has 2 heterocycles. The smallest absolute Gasteiger partial charge is 0.335 e. The average molecular weight is 517 g/mol. The van der Waals surface area contributed by atoms with Crippen LogP contribution in [0.5, 0.6) is 17.2 Å². The monoisotopic (exact) mass is 516 g/mol. The summed E-state index contributed by atoms with van der Waals surface area (Å²) in [5.74, 6) is 2.05. The van der Waals surface area contributed by atoms with E-state index in [2.05, 4.69) is 16.0 Å². The molecule has 8 nitrogen and oxygen atoms in total. The topological polar surface area (TPSA) is 107 Å². The summed E-state index contributed by atoms with van der Waals surface area (Å²) >= 11 is 0.857. The number of ether oxygens (including phenoxy) is 3. The van der Waals surface area contributed by atoms with Gasteiger partial charge in [-0.05, 0) is 52.0 Å². The molecule has 0 saturated carbocycles. The van der Waals surface area contributed by atoms with E-state index in [0.29, 0.717) is 25.3 Å². The van der Waals surface area contributed by atoms with E-state index in [4.69, 9.17) is 22.6 Å². The number of aromatic amines is 1. The predicted molar refractivity (Wildman–Crippen MR) is 138 cm³/mol. The molecule has 0 saturated heterocycles. The first-order chi connectivity index (χ1) is 16.8. The Bertz CT molecular complexity index is 1230. The first kappa shape index (κ1) is 26.5. The number of esters is 1. The highest BCUT2D eigenvalue weighted by Crippen LogP contribution is 2.36. The van der Waals surface area contributed by atoms with Crippen LogP contribution in [0.15, 0.2) is 47.5 Å². The summed E-state index contributed by atoms with van der Waals surface area (Å²) in [6, 6.07) is 13.9. The van der Waals surface area contributed by atoms with Crippen LogP contribution in [0.2, 0.25) is 0 Å². The molecule has 2 aromatic carbocycles. The molecule has 4 rings (SSSR count). The van der Waals surface area contributed by atoms with Crippen molar-refractivity contribution in [1.82, 2.24) is 4.98 Å². The SMILES string of the molecule is CCOC(=O)CC1CN=C(c2cc3cc(Oc4ccc(C)cc4)cc(OC(C)C)c3[nH]2)S1.O=S=O. The van der Waals surface area contributed by atoms with Crippen LogP contribution < -0.4 is 9.47 Å². The molecule has 3 aromatic rings. The van der Waals surface area contributed by atoms with Gasteiger partial charge in [-0.2, -0.15) is 8.42 Å². The van der Waals surface area contributed by atoms with Crippen molar-refractivity contribution in [2.75, 3.05) is 13.2 Å². The van der Waals surface area contributed by atoms with Crippen LogP contribution in [0.1, 0.15) is 38.4 Å². The highest BCUT2D eigenvalue weighted by atomic mass is 32.2. The van der Waals surface area contributed by atoms with E-state index in [1.165, 1.54) is 5.56 Å². The number of nitrogens with zero attached hydrogens (tertiary/aromatic N) is 1. The lowest BCUT2D eigenvalue weighted by Gasteiger charge is -2.13. The van der Waals surface area contributed by atoms with Gasteiger partial charge in [0.1, 0.15) is 22.3 Å². The van der Waals surface area contributed by atoms with Crippen LogP contribution in [-0.4, -0.2) is 48.9 Å². The Hall–Kier alpha value is -3.11. The lowest BCUT2D eigenvalue weighted by Crippen LogP contribution is -2.14. The molecule has 0 bridgehead atoms. The Labute approximate surface area is 212 Å². The van der Waals surface area contributed by atoms with Gasteiger partial charge < -0.3 is 19.2 Å². The number of rotatable bonds is 8. The van der Waals surface area contributed by atoms with Crippen molar-refractivity contribution in [2.24, 2.45) is 4.99 Å². The highest BCUT2D eigenvalue weighted by Gasteiger charge is 2.25. The minimum atomic E-state index is -0.750. The van der Waals surface area contributed by atoms with Crippen LogP contribution in [0, 0.1) is 6.92 Å². The van der Waals surface area contributed by atoms with Crippen molar-refractivity contribution < 1.29 is 27.4 Å². The summed E-state index contributed by atoms with van der Waals surface area (Å²) in [5, 5.41) is 1.98. The Balaban J connectivity index is 0.00000108. The Morgan fingerprint density at radius 1 is 1.17 bits per heavy atom. The second-order valence-corrected chi connectivity index (χ2v) is 9.54. The van der Waals surface area contributed by atoms with Gasteiger partial charge in [-0.3, -0.25) is 9.79 Å². The van der Waals surface area contributed by atoms with Gasteiger partial charge in [0.15, 0.2) is 0 Å². The molecular weight excluding hydrogens is 488 g/mol. The number of benzene rings is 2. The van der Waals surface area contributed by atoms with Crippen molar-refractivity contribution in [3.8, 4) is 17.2 Å². The van der Waals surface area contributed by atoms with E-state index >= 15 is 0 Å². The van der Waals surface area contributed by atoms with E-state index in [0.717, 1.165) is 33.1 Å². The minimum Gasteiger partial charge on any atom is -0.489 e. The molecule has 1 atom stereocenters. The molecule has 1 N–H and O–H groups in total. The van der Waals surface area contributed by atoms with Gasteiger partial charge in [-0.15, -0.1) is 0 Å². The Kier molecular flexibility index (Phi) is 9.50. The van der Waals surface area contributed by atoms with E-state index < -0.39 is 11.6 Å². The summed E-state index contributed by atoms with van der Waals surface area (Å²) < 4.78 is 33.8. The number of thioether (sulfide) groups is 1. The fourth-order valence-electron chi connectivity index (χ4n) is 3.53. The maximum absolute atomic E-state index is 11.8. The number of hydrogen-bond donors (Lipinski definition) is 1. The summed E-state index contributed by atoms with van der Waals surface area (Å²) in [5.41, 5.74) is 3.00. The van der Waals surface area contributed by atoms with Crippen molar-refractivity contribution in [2.45, 2.75) is 45.5 Å². The number of aliphatic imine (C=N–C) groups is 1. The Morgan fingerprint density at radius 2 is 1.89 bits per heavy atom. The average Bonchev–Trinajstić information content (AvgIpc) is 3.43. The molecule has 1 aliphatic heterocycles. The number of H-pyrrole nitrogens is 1. The van der Waals surface area contributed by atoms with Gasteiger partial charge in [0, 0.05) is 16.7 Å². The van der Waals surface area contributed by atoms with Gasteiger partial charge in [0.25, 0.3) is 0 Å². The predicted octanol–water partition coefficient (Wildman–Crippen LogP) is 5.20. The fourth-order valence-corrected chi connectivity index (χ4v) is 4.60. The second kappa shape index (κ2) is 12.6. The van der Waals surface area contributed by atoms with Crippen molar-refractivity contribution in [3.63, 3.8) is 0 Å². The van der Waals surface area contributed by atoms with Crippen LogP contribution >= 0.6 is 11.8 Å². The molecule has 0 radical (unpaired) electrons. The standard InChI is InChI=1S/C25H28N2O4S.O2S/c1-5-29-23(28)13-20-14-26-25(32-20)21-11-17-10-19(31-18-8-6-16(4)7-9-18)12-22(24(17)27-21)30-15(2)3;1-3-2/h6-12,15,20,27H,5,13-14H2,1-4H3;. The number of aryl methyl sites for hydroxylation is 1. The molecule has 1 aliphatic rings. The summed E-state index contributed by atoms with van der Waals surface area (Å²) in [6.07, 6.45) is 0.383. The third kappa shape index (κ3) is 7.43. The number of aromatic nitrogens is 1. The molecular formula is C25H28N2O6S2. The number of fused-ring (bicyclic) bond motifs is 1. The van der Waals surface area contributed by atoms with Crippen molar-refractivity contribution in [3.05, 3.63) is 53.7 Å². The molecule has 0 aliphatic carbocycles. The first-order valence-corrected chi connectivity index (χ1v) is 12.7. The van der Waals surface area contributed by atoms with Gasteiger partial charge in [-0.25, -0.2) is 0 Å². The number of carbonyl (C=O) groups excluding carboxylic acids is 1. The normalized spacial score (nSPS) is 14.8. The van der Waals surface area contributed by atoms with Crippen LogP contribution in [0.3, 0.4) is 0 Å². The fraction of sp³-hybridized carbons (Fsp3) is 0.360. The van der Waals surface area contributed by atoms with Gasteiger partial charge in [0.05, 0.1) is 36.9 Å². The first-order valence-electron chi connectivity index (χ1n) is 11.2. The molecule has 0 fully saturated rings. The zero-order chi connectivity index (χ0) is 25.4. The number of carbonyl (C=O) groups is 1. The quantitative estimate of drug-likeness (QED) is 0.410. The van der Waals surface area contributed by atoms with E-state index in [9.17, 15) is 4.79 Å². The lowest BCUT2D eigenvalue weighted by atomic mass is 10.2. The number of nitrogens with one attached hydrogen (secondary N) is 1. The maximum atomic E-state index is 11.8. The molecule has 186 valence electrons. The second-order valence-electron chi connectivity index (χ2n) is 8.11. The lowest BCUT2D eigenvalue weighted by molar-refractivity contribution is -0.143. The zero-order valence-electron chi connectivity index (χ0n) is 20.0. The van der Waals surface area contributed by atoms with E-state index in [1.807, 2.05) is 64.1 Å². The minimum absolute atomic E-state index is 0.0201. The van der Waals surface area contributed by atoms with E-state index in [1.54, 1.807) is 11.8 Å². The third-order valence-electron chi connectivity index (χ3n) is 4.93. The molecule has 1 aromatic heterocycles. The van der Waals surface area contributed by atoms with Gasteiger partial charge in [-0.1, -0.05) is 29.5 Å². The van der Waals surface area contributed by atoms with Crippen LogP contribution in [0.4, 0.5) is 0 Å². The third-order valence-corrected chi connectivity index (χ3v) is 6.15. The van der Waals surface area contributed by atoms with E-state index in [-0.39, 0.29) is 17.3 Å². The summed E-state index contributed by atoms with van der Waals surface area (Å²) in [6.45, 7) is 8.87. The maximum Gasteiger partial charge on any atom is 0.335 e. The molecule has 10 heteroatoms. The number of hydrogen-bond acceptors (Lipinski definition) is 8. The van der Waals surface area contributed by atoms with Crippen molar-refractivity contribution in [1.29, 1.82) is 0 Å². The zero-order valence-corrected chi connectivity index (χ0v) is 21.7. The highest BCUT2D eigenvalue weighted by molar-refractivity contribution is 8.15. The summed E-state index contributed by atoms with van der Waals surface area (Å²) in [4.78, 5) is 19.9. The molecule has 0 spiro atoms. The molecule has 35 heavy (non-hydrogen) atoms. The van der Waals surface area contributed by atoms with Crippen LogP contribution in [-0.2, 0) is 21.1 Å². The molecule has 0 amide bonds. The largest absolute Gasteiger partial charge is 0.489 e. The van der Waals surface area contributed by atoms with Gasteiger partial charge >= 0.3 is 17.5 Å². The molecule has 1 unspecified atom stereocenters. The summed E-state index contributed by atoms with van der Waals surface area (Å²) in [7, 11) is 0. The van der Waals surface area contributed by atoms with Crippen LogP contribution in [0.25, 0.3) is 10.9 Å². The Morgan fingerprint density at radius 3 is 2.54 bits per heavy atom. The van der Waals surface area contributed by atoms with Gasteiger partial charge in [0.2, 0.25) is 0 Å². The van der Waals surface area contributed by atoms with Crippen molar-refractivity contribution >= 4 is 45.2 Å².